The smallest absolute Gasteiger partial charge is 0.240 e. The summed E-state index contributed by atoms with van der Waals surface area (Å²) in [5, 5.41) is 0. The molecule has 0 saturated carbocycles. The molecule has 2 N–H and O–H groups in total. The highest BCUT2D eigenvalue weighted by atomic mass is 35.5. The molecule has 2 aromatic rings. The summed E-state index contributed by atoms with van der Waals surface area (Å²) in [4.78, 5) is 14.9. The van der Waals surface area contributed by atoms with Crippen molar-refractivity contribution < 1.29 is 4.79 Å². The molecule has 3 nitrogen and oxygen atoms in total. The maximum atomic E-state index is 12.9. The SMILES string of the molecule is CC(C)(C)[C@H](N)C(=O)N1Cc2ccccc2C(c2ccccc2)C1.Cl. The van der Waals surface area contributed by atoms with Crippen molar-refractivity contribution in [2.75, 3.05) is 6.54 Å². The monoisotopic (exact) mass is 358 g/mol. The molecule has 0 spiro atoms. The lowest BCUT2D eigenvalue weighted by atomic mass is 9.82. The van der Waals surface area contributed by atoms with Crippen LogP contribution in [0, 0.1) is 5.41 Å². The number of hydrogen-bond acceptors (Lipinski definition) is 2. The molecule has 1 unspecified atom stereocenters. The number of benzene rings is 2. The van der Waals surface area contributed by atoms with Gasteiger partial charge in [0.1, 0.15) is 0 Å². The summed E-state index contributed by atoms with van der Waals surface area (Å²) >= 11 is 0. The molecule has 2 aromatic carbocycles. The zero-order chi connectivity index (χ0) is 17.3. The van der Waals surface area contributed by atoms with E-state index in [1.807, 2.05) is 37.8 Å². The second-order valence-electron chi connectivity index (χ2n) is 7.72. The van der Waals surface area contributed by atoms with Gasteiger partial charge in [-0.2, -0.15) is 0 Å². The first kappa shape index (κ1) is 19.5. The largest absolute Gasteiger partial charge is 0.336 e. The van der Waals surface area contributed by atoms with Crippen molar-refractivity contribution in [3.05, 3.63) is 71.3 Å². The number of nitrogens with two attached hydrogens (primary N) is 1. The van der Waals surface area contributed by atoms with Crippen LogP contribution in [0.2, 0.25) is 0 Å². The summed E-state index contributed by atoms with van der Waals surface area (Å²) in [7, 11) is 0. The maximum absolute atomic E-state index is 12.9. The Bertz CT molecular complexity index is 724. The van der Waals surface area contributed by atoms with Crippen LogP contribution in [0.3, 0.4) is 0 Å². The van der Waals surface area contributed by atoms with Crippen LogP contribution in [0.5, 0.6) is 0 Å². The average molecular weight is 359 g/mol. The standard InChI is InChI=1S/C21H26N2O.ClH/c1-21(2,3)19(22)20(24)23-13-16-11-7-8-12-17(16)18(14-23)15-9-5-4-6-10-15;/h4-12,18-19H,13-14,22H2,1-3H3;1H/t18?,19-;/m1./s1. The van der Waals surface area contributed by atoms with Gasteiger partial charge in [0.05, 0.1) is 6.04 Å². The third kappa shape index (κ3) is 4.05. The van der Waals surface area contributed by atoms with Crippen LogP contribution < -0.4 is 5.73 Å². The number of amides is 1. The summed E-state index contributed by atoms with van der Waals surface area (Å²) in [5.41, 5.74) is 9.77. The van der Waals surface area contributed by atoms with Gasteiger partial charge in [-0.15, -0.1) is 12.4 Å². The van der Waals surface area contributed by atoms with Gasteiger partial charge in [0.15, 0.2) is 0 Å². The fourth-order valence-corrected chi connectivity index (χ4v) is 3.31. The number of halogens is 1. The molecule has 0 aromatic heterocycles. The molecule has 4 heteroatoms. The molecule has 2 atom stereocenters. The first-order valence-corrected chi connectivity index (χ1v) is 8.55. The highest BCUT2D eigenvalue weighted by Gasteiger charge is 2.35. The molecule has 0 saturated heterocycles. The molecule has 0 bridgehead atoms. The van der Waals surface area contributed by atoms with Gasteiger partial charge in [-0.25, -0.2) is 0 Å². The first-order valence-electron chi connectivity index (χ1n) is 8.55. The summed E-state index contributed by atoms with van der Waals surface area (Å²) in [6.07, 6.45) is 0. The van der Waals surface area contributed by atoms with Crippen molar-refractivity contribution in [1.29, 1.82) is 0 Å². The molecule has 1 amide bonds. The van der Waals surface area contributed by atoms with Crippen molar-refractivity contribution >= 4 is 18.3 Å². The molecular weight excluding hydrogens is 332 g/mol. The van der Waals surface area contributed by atoms with Gasteiger partial charge in [-0.05, 0) is 22.1 Å². The fourth-order valence-electron chi connectivity index (χ4n) is 3.31. The van der Waals surface area contributed by atoms with Gasteiger partial charge >= 0.3 is 0 Å². The molecule has 3 rings (SSSR count). The van der Waals surface area contributed by atoms with Crippen LogP contribution in [0.25, 0.3) is 0 Å². The lowest BCUT2D eigenvalue weighted by molar-refractivity contribution is -0.136. The third-order valence-electron chi connectivity index (χ3n) is 4.91. The van der Waals surface area contributed by atoms with E-state index in [2.05, 4.69) is 42.5 Å². The predicted octanol–water partition coefficient (Wildman–Crippen LogP) is 3.96. The van der Waals surface area contributed by atoms with Crippen molar-refractivity contribution in [2.24, 2.45) is 11.1 Å². The Kier molecular flexibility index (Phi) is 5.91. The van der Waals surface area contributed by atoms with Crippen LogP contribution in [-0.4, -0.2) is 23.4 Å². The molecular formula is C21H27ClN2O. The van der Waals surface area contributed by atoms with Crippen LogP contribution in [-0.2, 0) is 11.3 Å². The Balaban J connectivity index is 0.00000225. The molecule has 0 radical (unpaired) electrons. The van der Waals surface area contributed by atoms with Crippen LogP contribution in [0.15, 0.2) is 54.6 Å². The third-order valence-corrected chi connectivity index (χ3v) is 4.91. The lowest BCUT2D eigenvalue weighted by Crippen LogP contribution is -2.52. The van der Waals surface area contributed by atoms with E-state index in [0.717, 1.165) is 0 Å². The Morgan fingerprint density at radius 1 is 1.08 bits per heavy atom. The zero-order valence-corrected chi connectivity index (χ0v) is 15.9. The molecule has 134 valence electrons. The normalized spacial score (nSPS) is 18.1. The average Bonchev–Trinajstić information content (AvgIpc) is 2.59. The Hall–Kier alpha value is -1.84. The number of carbonyl (C=O) groups excluding carboxylic acids is 1. The van der Waals surface area contributed by atoms with Gasteiger partial charge in [0, 0.05) is 19.0 Å². The summed E-state index contributed by atoms with van der Waals surface area (Å²) < 4.78 is 0. The Morgan fingerprint density at radius 3 is 2.32 bits per heavy atom. The minimum absolute atomic E-state index is 0. The van der Waals surface area contributed by atoms with Gasteiger partial charge in [-0.3, -0.25) is 4.79 Å². The van der Waals surface area contributed by atoms with Crippen LogP contribution >= 0.6 is 12.4 Å². The van der Waals surface area contributed by atoms with Gasteiger partial charge in [0.25, 0.3) is 0 Å². The molecule has 25 heavy (non-hydrogen) atoms. The highest BCUT2D eigenvalue weighted by Crippen LogP contribution is 2.34. The Morgan fingerprint density at radius 2 is 1.68 bits per heavy atom. The minimum atomic E-state index is -0.487. The van der Waals surface area contributed by atoms with E-state index in [0.29, 0.717) is 13.1 Å². The number of carbonyl (C=O) groups is 1. The zero-order valence-electron chi connectivity index (χ0n) is 15.1. The van der Waals surface area contributed by atoms with E-state index in [-0.39, 0.29) is 29.6 Å². The van der Waals surface area contributed by atoms with Crippen LogP contribution in [0.4, 0.5) is 0 Å². The van der Waals surface area contributed by atoms with E-state index in [4.69, 9.17) is 5.73 Å². The van der Waals surface area contributed by atoms with E-state index in [9.17, 15) is 4.79 Å². The minimum Gasteiger partial charge on any atom is -0.336 e. The maximum Gasteiger partial charge on any atom is 0.240 e. The quantitative estimate of drug-likeness (QED) is 0.883. The van der Waals surface area contributed by atoms with Gasteiger partial charge in [-0.1, -0.05) is 75.4 Å². The number of rotatable bonds is 2. The van der Waals surface area contributed by atoms with E-state index < -0.39 is 6.04 Å². The second kappa shape index (κ2) is 7.59. The highest BCUT2D eigenvalue weighted by molar-refractivity contribution is 5.85. The number of fused-ring (bicyclic) bond motifs is 1. The molecule has 0 fully saturated rings. The van der Waals surface area contributed by atoms with Crippen molar-refractivity contribution in [3.8, 4) is 0 Å². The predicted molar refractivity (Wildman–Crippen MR) is 105 cm³/mol. The molecule has 1 aliphatic heterocycles. The van der Waals surface area contributed by atoms with Crippen LogP contribution in [0.1, 0.15) is 43.4 Å². The van der Waals surface area contributed by atoms with E-state index in [1.54, 1.807) is 0 Å². The summed E-state index contributed by atoms with van der Waals surface area (Å²) in [6.45, 7) is 7.37. The van der Waals surface area contributed by atoms with Crippen molar-refractivity contribution in [2.45, 2.75) is 39.3 Å². The van der Waals surface area contributed by atoms with E-state index in [1.165, 1.54) is 16.7 Å². The topological polar surface area (TPSA) is 46.3 Å². The molecule has 1 heterocycles. The van der Waals surface area contributed by atoms with Crippen molar-refractivity contribution in [1.82, 2.24) is 4.90 Å². The van der Waals surface area contributed by atoms with E-state index >= 15 is 0 Å². The van der Waals surface area contributed by atoms with Gasteiger partial charge in [0.2, 0.25) is 5.91 Å². The second-order valence-corrected chi connectivity index (χ2v) is 7.72. The number of hydrogen-bond donors (Lipinski definition) is 1. The first-order chi connectivity index (χ1) is 11.4. The van der Waals surface area contributed by atoms with Gasteiger partial charge < -0.3 is 10.6 Å². The summed E-state index contributed by atoms with van der Waals surface area (Å²) in [5.74, 6) is 0.241. The van der Waals surface area contributed by atoms with Crippen molar-refractivity contribution in [3.63, 3.8) is 0 Å². The Labute approximate surface area is 156 Å². The number of nitrogens with zero attached hydrogens (tertiary/aromatic N) is 1. The fraction of sp³-hybridized carbons (Fsp3) is 0.381. The molecule has 0 aliphatic carbocycles. The lowest BCUT2D eigenvalue weighted by Gasteiger charge is -2.38. The summed E-state index contributed by atoms with van der Waals surface area (Å²) in [6, 6.07) is 18.3. The molecule has 1 aliphatic rings.